The molecule has 1 aliphatic rings. The van der Waals surface area contributed by atoms with Gasteiger partial charge < -0.3 is 9.73 Å². The fraction of sp³-hybridized carbons (Fsp3) is 0.308. The molecule has 1 atom stereocenters. The average molecular weight is 435 g/mol. The number of aryl methyl sites for hydroxylation is 2. The van der Waals surface area contributed by atoms with Gasteiger partial charge in [0.25, 0.3) is 5.91 Å². The second kappa shape index (κ2) is 9.39. The van der Waals surface area contributed by atoms with Crippen LogP contribution >= 0.6 is 0 Å². The van der Waals surface area contributed by atoms with Crippen LogP contribution in [0.15, 0.2) is 65.3 Å². The van der Waals surface area contributed by atoms with Crippen LogP contribution in [0.4, 0.5) is 10.1 Å². The zero-order chi connectivity index (χ0) is 22.7. The normalized spacial score (nSPS) is 14.8. The van der Waals surface area contributed by atoms with Crippen LogP contribution in [0.3, 0.4) is 0 Å². The lowest BCUT2D eigenvalue weighted by molar-refractivity contribution is -0.123. The summed E-state index contributed by atoms with van der Waals surface area (Å²) >= 11 is 0. The summed E-state index contributed by atoms with van der Waals surface area (Å²) in [6.07, 6.45) is 5.44. The molecule has 0 radical (unpaired) electrons. The zero-order valence-corrected chi connectivity index (χ0v) is 18.3. The minimum Gasteiger partial charge on any atom is -0.469 e. The lowest BCUT2D eigenvalue weighted by Gasteiger charge is -2.32. The Balaban J connectivity index is 1.83. The fourth-order valence-electron chi connectivity index (χ4n) is 4.31. The van der Waals surface area contributed by atoms with Crippen LogP contribution < -0.4 is 10.2 Å². The second-order valence-corrected chi connectivity index (χ2v) is 8.35. The van der Waals surface area contributed by atoms with Gasteiger partial charge in [-0.15, -0.1) is 0 Å². The molecule has 6 heteroatoms. The summed E-state index contributed by atoms with van der Waals surface area (Å²) in [5.41, 5.74) is 2.47. The highest BCUT2D eigenvalue weighted by Gasteiger charge is 2.35. The van der Waals surface area contributed by atoms with Gasteiger partial charge >= 0.3 is 0 Å². The number of halogens is 1. The molecular weight excluding hydrogens is 407 g/mol. The number of nitrogens with zero attached hydrogens (tertiary/aromatic N) is 1. The molecular formula is C26H27FN2O3. The first-order chi connectivity index (χ1) is 15.4. The van der Waals surface area contributed by atoms with Crippen molar-refractivity contribution in [3.8, 4) is 0 Å². The number of rotatable bonds is 6. The molecule has 1 aromatic heterocycles. The van der Waals surface area contributed by atoms with Crippen LogP contribution in [0.5, 0.6) is 0 Å². The number of anilines is 1. The molecule has 0 spiro atoms. The SMILES string of the molecule is Cc1cccc(N(C(=O)c2ccoc2C)C(C(=O)NC2CCCC2)c2ccc(F)cc2)c1. The Bertz CT molecular complexity index is 1100. The second-order valence-electron chi connectivity index (χ2n) is 8.35. The molecule has 0 aliphatic heterocycles. The summed E-state index contributed by atoms with van der Waals surface area (Å²) in [5.74, 6) is -0.554. The van der Waals surface area contributed by atoms with Gasteiger partial charge in [0.15, 0.2) is 0 Å². The number of hydrogen-bond donors (Lipinski definition) is 1. The molecule has 5 nitrogen and oxygen atoms in total. The Hall–Kier alpha value is -3.41. The molecule has 2 amide bonds. The lowest BCUT2D eigenvalue weighted by Crippen LogP contribution is -2.46. The van der Waals surface area contributed by atoms with Crippen molar-refractivity contribution < 1.29 is 18.4 Å². The van der Waals surface area contributed by atoms with Gasteiger partial charge in [0.05, 0.1) is 11.8 Å². The van der Waals surface area contributed by atoms with Crippen molar-refractivity contribution >= 4 is 17.5 Å². The third-order valence-corrected chi connectivity index (χ3v) is 5.98. The number of carbonyl (C=O) groups excluding carboxylic acids is 2. The highest BCUT2D eigenvalue weighted by Crippen LogP contribution is 2.32. The zero-order valence-electron chi connectivity index (χ0n) is 18.3. The molecule has 1 unspecified atom stereocenters. The van der Waals surface area contributed by atoms with Crippen LogP contribution in [0, 0.1) is 19.7 Å². The highest BCUT2D eigenvalue weighted by molar-refractivity contribution is 6.10. The van der Waals surface area contributed by atoms with Crippen molar-refractivity contribution in [2.75, 3.05) is 4.90 Å². The minimum atomic E-state index is -0.959. The van der Waals surface area contributed by atoms with E-state index in [1.165, 1.54) is 23.3 Å². The van der Waals surface area contributed by atoms with Gasteiger partial charge in [-0.3, -0.25) is 14.5 Å². The number of furan rings is 1. The summed E-state index contributed by atoms with van der Waals surface area (Å²) in [6.45, 7) is 3.65. The van der Waals surface area contributed by atoms with Crippen molar-refractivity contribution in [1.29, 1.82) is 0 Å². The average Bonchev–Trinajstić information content (AvgIpc) is 3.44. The van der Waals surface area contributed by atoms with E-state index >= 15 is 0 Å². The van der Waals surface area contributed by atoms with Crippen LogP contribution in [0.1, 0.15) is 59.0 Å². The summed E-state index contributed by atoms with van der Waals surface area (Å²) in [4.78, 5) is 28.9. The summed E-state index contributed by atoms with van der Waals surface area (Å²) < 4.78 is 19.1. The summed E-state index contributed by atoms with van der Waals surface area (Å²) in [7, 11) is 0. The van der Waals surface area contributed by atoms with Gasteiger partial charge in [-0.05, 0) is 68.1 Å². The number of nitrogens with one attached hydrogen (secondary N) is 1. The van der Waals surface area contributed by atoms with Crippen molar-refractivity contribution in [3.63, 3.8) is 0 Å². The number of hydrogen-bond acceptors (Lipinski definition) is 3. The van der Waals surface area contributed by atoms with Crippen molar-refractivity contribution in [1.82, 2.24) is 5.32 Å². The van der Waals surface area contributed by atoms with Crippen molar-refractivity contribution in [2.24, 2.45) is 0 Å². The van der Waals surface area contributed by atoms with E-state index < -0.39 is 11.9 Å². The Kier molecular flexibility index (Phi) is 6.40. The van der Waals surface area contributed by atoms with E-state index in [0.717, 1.165) is 31.2 Å². The van der Waals surface area contributed by atoms with E-state index in [1.807, 2.05) is 25.1 Å². The first kappa shape index (κ1) is 21.8. The Labute approximate surface area is 187 Å². The van der Waals surface area contributed by atoms with E-state index in [0.29, 0.717) is 22.6 Å². The van der Waals surface area contributed by atoms with Crippen molar-refractivity contribution in [2.45, 2.75) is 51.6 Å². The summed E-state index contributed by atoms with van der Waals surface area (Å²) in [5, 5.41) is 3.12. The Morgan fingerprint density at radius 3 is 2.41 bits per heavy atom. The minimum absolute atomic E-state index is 0.0792. The van der Waals surface area contributed by atoms with E-state index in [1.54, 1.807) is 31.2 Å². The molecule has 0 saturated heterocycles. The number of amides is 2. The molecule has 1 N–H and O–H groups in total. The molecule has 1 aliphatic carbocycles. The maximum atomic E-state index is 13.8. The molecule has 0 bridgehead atoms. The number of carbonyl (C=O) groups is 2. The van der Waals surface area contributed by atoms with Crippen molar-refractivity contribution in [3.05, 3.63) is 89.1 Å². The van der Waals surface area contributed by atoms with Gasteiger partial charge in [0.2, 0.25) is 5.91 Å². The van der Waals surface area contributed by atoms with E-state index in [4.69, 9.17) is 4.42 Å². The standard InChI is InChI=1S/C26H27FN2O3/c1-17-6-5-9-22(16-17)29(26(31)23-14-15-32-18(23)2)24(19-10-12-20(27)13-11-19)25(30)28-21-7-3-4-8-21/h5-6,9-16,21,24H,3-4,7-8H2,1-2H3,(H,28,30). The van der Waals surface area contributed by atoms with E-state index in [2.05, 4.69) is 5.32 Å². The predicted octanol–water partition coefficient (Wildman–Crippen LogP) is 5.48. The molecule has 2 aromatic carbocycles. The van der Waals surface area contributed by atoms with E-state index in [-0.39, 0.29) is 17.9 Å². The smallest absolute Gasteiger partial charge is 0.262 e. The topological polar surface area (TPSA) is 62.6 Å². The Morgan fingerprint density at radius 2 is 1.78 bits per heavy atom. The van der Waals surface area contributed by atoms with Crippen LogP contribution in [0.2, 0.25) is 0 Å². The molecule has 32 heavy (non-hydrogen) atoms. The lowest BCUT2D eigenvalue weighted by atomic mass is 10.0. The molecule has 1 fully saturated rings. The molecule has 4 rings (SSSR count). The van der Waals surface area contributed by atoms with Gasteiger partial charge in [-0.25, -0.2) is 4.39 Å². The number of benzene rings is 2. The third-order valence-electron chi connectivity index (χ3n) is 5.98. The molecule has 1 heterocycles. The summed E-state index contributed by atoms with van der Waals surface area (Å²) in [6, 6.07) is 13.9. The van der Waals surface area contributed by atoms with Crippen LogP contribution in [-0.2, 0) is 4.79 Å². The predicted molar refractivity (Wildman–Crippen MR) is 121 cm³/mol. The molecule has 1 saturated carbocycles. The van der Waals surface area contributed by atoms with Gasteiger partial charge in [0, 0.05) is 11.7 Å². The first-order valence-corrected chi connectivity index (χ1v) is 10.9. The fourth-order valence-corrected chi connectivity index (χ4v) is 4.31. The quantitative estimate of drug-likeness (QED) is 0.559. The van der Waals surface area contributed by atoms with Gasteiger partial charge in [-0.1, -0.05) is 37.1 Å². The van der Waals surface area contributed by atoms with E-state index in [9.17, 15) is 14.0 Å². The highest BCUT2D eigenvalue weighted by atomic mass is 19.1. The Morgan fingerprint density at radius 1 is 1.06 bits per heavy atom. The van der Waals surface area contributed by atoms with Crippen LogP contribution in [-0.4, -0.2) is 17.9 Å². The maximum absolute atomic E-state index is 13.8. The monoisotopic (exact) mass is 434 g/mol. The van der Waals surface area contributed by atoms with Crippen LogP contribution in [0.25, 0.3) is 0 Å². The van der Waals surface area contributed by atoms with Gasteiger partial charge in [-0.2, -0.15) is 0 Å². The third kappa shape index (κ3) is 4.59. The first-order valence-electron chi connectivity index (χ1n) is 10.9. The largest absolute Gasteiger partial charge is 0.469 e. The molecule has 3 aromatic rings. The van der Waals surface area contributed by atoms with Gasteiger partial charge in [0.1, 0.15) is 17.6 Å². The maximum Gasteiger partial charge on any atom is 0.262 e. The molecule has 166 valence electrons.